The van der Waals surface area contributed by atoms with Crippen LogP contribution in [-0.4, -0.2) is 52.9 Å². The van der Waals surface area contributed by atoms with E-state index in [1.165, 1.54) is 0 Å². The predicted octanol–water partition coefficient (Wildman–Crippen LogP) is 0.267. The molecule has 0 aromatic heterocycles. The third-order valence-corrected chi connectivity index (χ3v) is 3.26. The lowest BCUT2D eigenvalue weighted by Crippen LogP contribution is -2.50. The van der Waals surface area contributed by atoms with Crippen molar-refractivity contribution in [2.24, 2.45) is 5.92 Å². The second kappa shape index (κ2) is 7.64. The number of hydrogen-bond donors (Lipinski definition) is 3. The van der Waals surface area contributed by atoms with Gasteiger partial charge in [0.15, 0.2) is 0 Å². The Bertz CT molecular complexity index is 362. The molecule has 3 N–H and O–H groups in total. The number of carboxylic acid groups (broad SMARTS) is 1. The normalized spacial score (nSPS) is 20.4. The van der Waals surface area contributed by atoms with Crippen molar-refractivity contribution in [3.05, 3.63) is 0 Å². The minimum absolute atomic E-state index is 0.0328. The Kier molecular flexibility index (Phi) is 6.16. The Labute approximate surface area is 112 Å². The highest BCUT2D eigenvalue weighted by atomic mass is 16.4. The van der Waals surface area contributed by atoms with Crippen LogP contribution in [0.4, 0.5) is 4.79 Å². The largest absolute Gasteiger partial charge is 0.480 e. The summed E-state index contributed by atoms with van der Waals surface area (Å²) in [6.07, 6.45) is 7.56. The number of piperidine rings is 1. The number of carbonyl (C=O) groups is 2. The van der Waals surface area contributed by atoms with E-state index < -0.39 is 18.0 Å². The van der Waals surface area contributed by atoms with Crippen molar-refractivity contribution >= 4 is 12.0 Å². The van der Waals surface area contributed by atoms with E-state index >= 15 is 0 Å². The van der Waals surface area contributed by atoms with E-state index in [9.17, 15) is 9.59 Å². The van der Waals surface area contributed by atoms with E-state index in [-0.39, 0.29) is 18.9 Å². The van der Waals surface area contributed by atoms with Gasteiger partial charge in [-0.1, -0.05) is 0 Å². The van der Waals surface area contributed by atoms with Crippen LogP contribution in [0.3, 0.4) is 0 Å². The summed E-state index contributed by atoms with van der Waals surface area (Å²) >= 11 is 0. The summed E-state index contributed by atoms with van der Waals surface area (Å²) in [5.41, 5.74) is 0. The van der Waals surface area contributed by atoms with Crippen molar-refractivity contribution in [2.75, 3.05) is 19.7 Å². The lowest BCUT2D eigenvalue weighted by molar-refractivity contribution is -0.139. The van der Waals surface area contributed by atoms with Crippen LogP contribution in [0.25, 0.3) is 0 Å². The van der Waals surface area contributed by atoms with E-state index in [1.807, 2.05) is 0 Å². The fourth-order valence-electron chi connectivity index (χ4n) is 2.23. The molecule has 2 atom stereocenters. The Morgan fingerprint density at radius 1 is 1.53 bits per heavy atom. The fraction of sp³-hybridized carbons (Fsp3) is 0.692. The first-order valence-electron chi connectivity index (χ1n) is 6.41. The molecule has 6 heteroatoms. The second-order valence-electron chi connectivity index (χ2n) is 4.72. The van der Waals surface area contributed by atoms with Crippen LogP contribution in [0.15, 0.2) is 0 Å². The topological polar surface area (TPSA) is 89.9 Å². The molecule has 1 aliphatic rings. The molecule has 2 unspecified atom stereocenters. The van der Waals surface area contributed by atoms with Crippen molar-refractivity contribution in [1.82, 2.24) is 10.2 Å². The van der Waals surface area contributed by atoms with Crippen molar-refractivity contribution in [3.8, 4) is 12.3 Å². The summed E-state index contributed by atoms with van der Waals surface area (Å²) in [7, 11) is 0. The number of rotatable bonds is 5. The van der Waals surface area contributed by atoms with E-state index in [4.69, 9.17) is 16.6 Å². The summed E-state index contributed by atoms with van der Waals surface area (Å²) < 4.78 is 0. The number of carboxylic acids is 1. The maximum Gasteiger partial charge on any atom is 0.327 e. The zero-order valence-electron chi connectivity index (χ0n) is 10.8. The van der Waals surface area contributed by atoms with Crippen LogP contribution in [0.2, 0.25) is 0 Å². The van der Waals surface area contributed by atoms with Gasteiger partial charge in [0.2, 0.25) is 0 Å². The average molecular weight is 268 g/mol. The number of hydrogen-bond acceptors (Lipinski definition) is 3. The molecule has 0 aliphatic carbocycles. The van der Waals surface area contributed by atoms with Crippen LogP contribution < -0.4 is 5.32 Å². The van der Waals surface area contributed by atoms with E-state index in [0.29, 0.717) is 19.5 Å². The number of aliphatic hydroxyl groups is 1. The van der Waals surface area contributed by atoms with Crippen LogP contribution in [-0.2, 0) is 4.79 Å². The molecule has 1 aliphatic heterocycles. The molecule has 1 saturated heterocycles. The molecule has 0 aromatic carbocycles. The summed E-state index contributed by atoms with van der Waals surface area (Å²) in [5, 5.41) is 20.3. The van der Waals surface area contributed by atoms with Crippen LogP contribution in [0.1, 0.15) is 25.7 Å². The molecule has 0 aromatic rings. The minimum Gasteiger partial charge on any atom is -0.480 e. The van der Waals surface area contributed by atoms with E-state index in [2.05, 4.69) is 11.2 Å². The zero-order chi connectivity index (χ0) is 14.3. The van der Waals surface area contributed by atoms with Gasteiger partial charge in [0.1, 0.15) is 6.04 Å². The molecule has 1 fully saturated rings. The van der Waals surface area contributed by atoms with Gasteiger partial charge >= 0.3 is 12.0 Å². The third kappa shape index (κ3) is 4.79. The molecular weight excluding hydrogens is 248 g/mol. The summed E-state index contributed by atoms with van der Waals surface area (Å²) in [4.78, 5) is 24.5. The van der Waals surface area contributed by atoms with Gasteiger partial charge in [-0.15, -0.1) is 12.3 Å². The molecule has 0 bridgehead atoms. The number of urea groups is 1. The Morgan fingerprint density at radius 2 is 2.26 bits per heavy atom. The molecule has 106 valence electrons. The highest BCUT2D eigenvalue weighted by molar-refractivity contribution is 5.82. The van der Waals surface area contributed by atoms with Crippen molar-refractivity contribution in [3.63, 3.8) is 0 Å². The summed E-state index contributed by atoms with van der Waals surface area (Å²) in [6.45, 7) is 1.26. The Hall–Kier alpha value is -1.74. The average Bonchev–Trinajstić information content (AvgIpc) is 2.38. The van der Waals surface area contributed by atoms with Crippen LogP contribution in [0, 0.1) is 18.3 Å². The molecule has 19 heavy (non-hydrogen) atoms. The number of aliphatic hydroxyl groups excluding tert-OH is 1. The van der Waals surface area contributed by atoms with Crippen LogP contribution >= 0.6 is 0 Å². The van der Waals surface area contributed by atoms with Gasteiger partial charge in [-0.25, -0.2) is 9.59 Å². The van der Waals surface area contributed by atoms with Gasteiger partial charge < -0.3 is 20.4 Å². The van der Waals surface area contributed by atoms with Gasteiger partial charge in [0.25, 0.3) is 0 Å². The highest BCUT2D eigenvalue weighted by Gasteiger charge is 2.26. The van der Waals surface area contributed by atoms with E-state index in [1.54, 1.807) is 4.90 Å². The lowest BCUT2D eigenvalue weighted by Gasteiger charge is -2.33. The maximum absolute atomic E-state index is 12.0. The predicted molar refractivity (Wildman–Crippen MR) is 69.4 cm³/mol. The minimum atomic E-state index is -1.13. The smallest absolute Gasteiger partial charge is 0.327 e. The molecule has 6 nitrogen and oxygen atoms in total. The summed E-state index contributed by atoms with van der Waals surface area (Å²) in [5.74, 6) is 1.39. The first-order valence-corrected chi connectivity index (χ1v) is 6.41. The van der Waals surface area contributed by atoms with E-state index in [0.717, 1.165) is 12.8 Å². The van der Waals surface area contributed by atoms with Gasteiger partial charge in [-0.3, -0.25) is 0 Å². The Morgan fingerprint density at radius 3 is 2.84 bits per heavy atom. The van der Waals surface area contributed by atoms with Gasteiger partial charge in [-0.2, -0.15) is 0 Å². The summed E-state index contributed by atoms with van der Waals surface area (Å²) in [6, 6.07) is -1.44. The number of terminal acetylenes is 1. The Balaban J connectivity index is 2.52. The van der Waals surface area contributed by atoms with Crippen molar-refractivity contribution < 1.29 is 19.8 Å². The molecule has 0 saturated carbocycles. The molecular formula is C13H20N2O4. The van der Waals surface area contributed by atoms with Gasteiger partial charge in [-0.05, 0) is 25.2 Å². The lowest BCUT2D eigenvalue weighted by atomic mass is 9.95. The molecule has 1 rings (SSSR count). The molecule has 0 spiro atoms. The second-order valence-corrected chi connectivity index (χ2v) is 4.72. The molecule has 2 amide bonds. The number of nitrogens with zero attached hydrogens (tertiary/aromatic N) is 1. The number of nitrogens with one attached hydrogen (secondary N) is 1. The highest BCUT2D eigenvalue weighted by Crippen LogP contribution is 2.19. The number of amides is 2. The maximum atomic E-state index is 12.0. The van der Waals surface area contributed by atoms with Gasteiger partial charge in [0.05, 0.1) is 0 Å². The quantitative estimate of drug-likeness (QED) is 0.624. The fourth-order valence-corrected chi connectivity index (χ4v) is 2.23. The number of carbonyl (C=O) groups excluding carboxylic acids is 1. The number of aliphatic carboxylic acids is 1. The SMILES string of the molecule is C#CCC(NC(=O)N1CCCC(CCO)C1)C(=O)O. The monoisotopic (exact) mass is 268 g/mol. The number of likely N-dealkylation sites (tertiary alicyclic amines) is 1. The zero-order valence-corrected chi connectivity index (χ0v) is 10.8. The third-order valence-electron chi connectivity index (χ3n) is 3.26. The first kappa shape index (κ1) is 15.3. The van der Waals surface area contributed by atoms with Crippen molar-refractivity contribution in [2.45, 2.75) is 31.7 Å². The van der Waals surface area contributed by atoms with Gasteiger partial charge in [0, 0.05) is 26.1 Å². The van der Waals surface area contributed by atoms with Crippen LogP contribution in [0.5, 0.6) is 0 Å². The van der Waals surface area contributed by atoms with Crippen molar-refractivity contribution in [1.29, 1.82) is 0 Å². The first-order chi connectivity index (χ1) is 9.08. The standard InChI is InChI=1S/C13H20N2O4/c1-2-4-11(12(17)18)14-13(19)15-7-3-5-10(9-15)6-8-16/h1,10-11,16H,3-9H2,(H,14,19)(H,17,18). The molecule has 1 heterocycles. The molecule has 0 radical (unpaired) electrons.